The summed E-state index contributed by atoms with van der Waals surface area (Å²) in [5.41, 5.74) is 4.41. The van der Waals surface area contributed by atoms with E-state index in [1.54, 1.807) is 11.0 Å². The molecule has 2 aromatic carbocycles. The summed E-state index contributed by atoms with van der Waals surface area (Å²) in [6, 6.07) is 9.67. The van der Waals surface area contributed by atoms with Crippen molar-refractivity contribution in [2.45, 2.75) is 52.6 Å². The van der Waals surface area contributed by atoms with E-state index in [2.05, 4.69) is 52.8 Å². The average Bonchev–Trinajstić information content (AvgIpc) is 3.28. The highest BCUT2D eigenvalue weighted by Gasteiger charge is 2.36. The number of likely N-dealkylation sites (N-methyl/N-ethyl adjacent to an activating group) is 1. The number of nitrogens with zero attached hydrogens (tertiary/aromatic N) is 6. The van der Waals surface area contributed by atoms with Gasteiger partial charge in [0.1, 0.15) is 5.82 Å². The van der Waals surface area contributed by atoms with Crippen LogP contribution in [0.1, 0.15) is 56.5 Å². The number of rotatable bonds is 9. The van der Waals surface area contributed by atoms with Crippen molar-refractivity contribution in [3.63, 3.8) is 0 Å². The van der Waals surface area contributed by atoms with Gasteiger partial charge in [-0.1, -0.05) is 19.9 Å². The van der Waals surface area contributed by atoms with E-state index in [1.807, 2.05) is 38.7 Å². The van der Waals surface area contributed by atoms with E-state index < -0.39 is 5.82 Å². The van der Waals surface area contributed by atoms with E-state index in [-0.39, 0.29) is 11.9 Å². The summed E-state index contributed by atoms with van der Waals surface area (Å²) < 4.78 is 16.5. The Morgan fingerprint density at radius 2 is 1.73 bits per heavy atom. The molecule has 1 atom stereocenters. The minimum absolute atomic E-state index is 0.0223. The molecule has 0 spiro atoms. The lowest BCUT2D eigenvalue weighted by molar-refractivity contribution is 0.0297. The molecular formula is C33H47FN6O. The van der Waals surface area contributed by atoms with E-state index in [9.17, 15) is 9.18 Å². The van der Waals surface area contributed by atoms with Gasteiger partial charge in [0.15, 0.2) is 0 Å². The number of halogens is 1. The second kappa shape index (κ2) is 12.2. The number of piperazine rings is 1. The van der Waals surface area contributed by atoms with Gasteiger partial charge in [-0.3, -0.25) is 19.3 Å². The zero-order chi connectivity index (χ0) is 29.4. The summed E-state index contributed by atoms with van der Waals surface area (Å²) >= 11 is 0. The van der Waals surface area contributed by atoms with Crippen molar-refractivity contribution in [3.8, 4) is 11.1 Å². The summed E-state index contributed by atoms with van der Waals surface area (Å²) in [4.78, 5) is 23.2. The van der Waals surface area contributed by atoms with Gasteiger partial charge < -0.3 is 9.80 Å². The summed E-state index contributed by atoms with van der Waals surface area (Å²) in [5, 5.41) is 5.54. The molecule has 2 aliphatic rings. The first-order chi connectivity index (χ1) is 19.6. The minimum Gasteiger partial charge on any atom is -0.336 e. The molecule has 3 aromatic rings. The van der Waals surface area contributed by atoms with Gasteiger partial charge in [0.05, 0.1) is 17.3 Å². The van der Waals surface area contributed by atoms with E-state index in [0.29, 0.717) is 30.0 Å². The lowest BCUT2D eigenvalue weighted by Gasteiger charge is -2.48. The van der Waals surface area contributed by atoms with Crippen molar-refractivity contribution in [2.24, 2.45) is 13.0 Å². The first-order valence-corrected chi connectivity index (χ1v) is 15.3. The van der Waals surface area contributed by atoms with Crippen LogP contribution in [0, 0.1) is 11.7 Å². The molecule has 1 amide bonds. The lowest BCUT2D eigenvalue weighted by Crippen LogP contribution is -2.58. The van der Waals surface area contributed by atoms with Crippen LogP contribution in [0.5, 0.6) is 0 Å². The molecule has 3 heterocycles. The Morgan fingerprint density at radius 3 is 2.37 bits per heavy atom. The van der Waals surface area contributed by atoms with Crippen molar-refractivity contribution in [3.05, 3.63) is 53.5 Å². The molecule has 2 saturated heterocycles. The van der Waals surface area contributed by atoms with Crippen molar-refractivity contribution in [1.29, 1.82) is 0 Å². The van der Waals surface area contributed by atoms with E-state index in [1.165, 1.54) is 17.7 Å². The van der Waals surface area contributed by atoms with Crippen molar-refractivity contribution in [2.75, 3.05) is 59.4 Å². The summed E-state index contributed by atoms with van der Waals surface area (Å²) in [6.07, 6.45) is 1.87. The summed E-state index contributed by atoms with van der Waals surface area (Å²) in [5.74, 6) is 0.452. The van der Waals surface area contributed by atoms with Gasteiger partial charge >= 0.3 is 0 Å². The third kappa shape index (κ3) is 6.06. The Kier molecular flexibility index (Phi) is 8.83. The second-order valence-electron chi connectivity index (χ2n) is 12.7. The highest BCUT2D eigenvalue weighted by molar-refractivity contribution is 6.05. The number of aromatic nitrogens is 2. The molecule has 2 aliphatic heterocycles. The number of fused-ring (bicyclic) bond motifs is 1. The van der Waals surface area contributed by atoms with Crippen LogP contribution in [-0.4, -0.2) is 107 Å². The topological polar surface area (TPSA) is 47.9 Å². The zero-order valence-electron chi connectivity index (χ0n) is 25.9. The van der Waals surface area contributed by atoms with Crippen LogP contribution in [0.3, 0.4) is 0 Å². The van der Waals surface area contributed by atoms with Crippen LogP contribution in [0.2, 0.25) is 0 Å². The molecule has 0 N–H and O–H groups in total. The van der Waals surface area contributed by atoms with Gasteiger partial charge in [-0.2, -0.15) is 5.10 Å². The normalized spacial score (nSPS) is 18.4. The van der Waals surface area contributed by atoms with Crippen molar-refractivity contribution >= 4 is 16.8 Å². The van der Waals surface area contributed by atoms with Gasteiger partial charge in [0.2, 0.25) is 0 Å². The molecule has 0 aliphatic carbocycles. The highest BCUT2D eigenvalue weighted by atomic mass is 19.1. The van der Waals surface area contributed by atoms with Gasteiger partial charge in [0, 0.05) is 82.8 Å². The van der Waals surface area contributed by atoms with Crippen molar-refractivity contribution < 1.29 is 9.18 Å². The third-order valence-electron chi connectivity index (χ3n) is 9.28. The fourth-order valence-corrected chi connectivity index (χ4v) is 6.59. The molecule has 41 heavy (non-hydrogen) atoms. The molecule has 7 nitrogen and oxygen atoms in total. The molecule has 0 saturated carbocycles. The highest BCUT2D eigenvalue weighted by Crippen LogP contribution is 2.38. The molecule has 1 aromatic heterocycles. The molecule has 2 fully saturated rings. The SMILES string of the molecule is CCN(C(=O)c1cc(F)ccc1-c1cc(C2CN([C@@H](CN3CCN(C)CC3)C(C)C)C2)cc2c1cnn2C)C(C)C. The molecular weight excluding hydrogens is 515 g/mol. The largest absolute Gasteiger partial charge is 0.336 e. The quantitative estimate of drug-likeness (QED) is 0.371. The number of carbonyl (C=O) groups is 1. The van der Waals surface area contributed by atoms with Crippen LogP contribution in [0.15, 0.2) is 36.5 Å². The van der Waals surface area contributed by atoms with Crippen LogP contribution < -0.4 is 0 Å². The molecule has 5 rings (SSSR count). The molecule has 0 unspecified atom stereocenters. The maximum absolute atomic E-state index is 14.6. The molecule has 0 bridgehead atoms. The number of hydrogen-bond acceptors (Lipinski definition) is 5. The lowest BCUT2D eigenvalue weighted by atomic mass is 9.84. The Balaban J connectivity index is 1.45. The van der Waals surface area contributed by atoms with E-state index in [4.69, 9.17) is 0 Å². The van der Waals surface area contributed by atoms with Crippen molar-refractivity contribution in [1.82, 2.24) is 29.4 Å². The molecule has 0 radical (unpaired) electrons. The fourth-order valence-electron chi connectivity index (χ4n) is 6.59. The number of aryl methyl sites for hydroxylation is 1. The van der Waals surface area contributed by atoms with E-state index in [0.717, 1.165) is 67.8 Å². The maximum Gasteiger partial charge on any atom is 0.254 e. The predicted octanol–water partition coefficient (Wildman–Crippen LogP) is 4.92. The van der Waals surface area contributed by atoms with Gasteiger partial charge in [-0.15, -0.1) is 0 Å². The first-order valence-electron chi connectivity index (χ1n) is 15.3. The Bertz CT molecular complexity index is 1370. The van der Waals surface area contributed by atoms with Gasteiger partial charge in [-0.25, -0.2) is 4.39 Å². The zero-order valence-corrected chi connectivity index (χ0v) is 25.9. The monoisotopic (exact) mass is 562 g/mol. The van der Waals surface area contributed by atoms with Crippen LogP contribution in [-0.2, 0) is 7.05 Å². The Hall–Kier alpha value is -2.81. The number of likely N-dealkylation sites (tertiary alicyclic amines) is 1. The number of carbonyl (C=O) groups excluding carboxylic acids is 1. The van der Waals surface area contributed by atoms with Gasteiger partial charge in [-0.05, 0) is 74.7 Å². The van der Waals surface area contributed by atoms with Crippen LogP contribution in [0.4, 0.5) is 4.39 Å². The standard InChI is InChI=1S/C33H47FN6O/c1-8-40(23(4)5)33(41)29-17-26(34)9-10-27(29)28-15-24(16-31-30(28)18-35-37(31)7)25-19-39(20-25)32(22(2)3)21-38-13-11-36(6)12-14-38/h9-10,15-18,22-23,25,32H,8,11-14,19-21H2,1-7H3/t32-/m0/s1. The smallest absolute Gasteiger partial charge is 0.254 e. The molecule has 8 heteroatoms. The number of benzene rings is 2. The average molecular weight is 563 g/mol. The second-order valence-corrected chi connectivity index (χ2v) is 12.7. The summed E-state index contributed by atoms with van der Waals surface area (Å²) in [7, 11) is 4.17. The molecule has 222 valence electrons. The minimum atomic E-state index is -0.398. The summed E-state index contributed by atoms with van der Waals surface area (Å²) in [6.45, 7) is 18.9. The maximum atomic E-state index is 14.6. The number of hydrogen-bond donors (Lipinski definition) is 0. The van der Waals surface area contributed by atoms with E-state index >= 15 is 0 Å². The Morgan fingerprint density at radius 1 is 1.02 bits per heavy atom. The van der Waals surface area contributed by atoms with Gasteiger partial charge in [0.25, 0.3) is 5.91 Å². The van der Waals surface area contributed by atoms with Crippen LogP contribution in [0.25, 0.3) is 22.0 Å². The first kappa shape index (κ1) is 29.7. The predicted molar refractivity (Wildman–Crippen MR) is 165 cm³/mol. The fraction of sp³-hybridized carbons (Fsp3) is 0.576. The third-order valence-corrected chi connectivity index (χ3v) is 9.28. The van der Waals surface area contributed by atoms with Crippen LogP contribution >= 0.6 is 0 Å². The number of amides is 1. The Labute approximate surface area is 244 Å².